The summed E-state index contributed by atoms with van der Waals surface area (Å²) < 4.78 is 0. The Kier molecular flexibility index (Phi) is 18.3. The summed E-state index contributed by atoms with van der Waals surface area (Å²) >= 11 is 0. The maximum atomic E-state index is 3.60. The summed E-state index contributed by atoms with van der Waals surface area (Å²) in [7, 11) is 0. The molecule has 11 heavy (non-hydrogen) atoms. The minimum atomic E-state index is 1.06. The maximum absolute atomic E-state index is 3.60. The van der Waals surface area contributed by atoms with Crippen LogP contribution in [0.3, 0.4) is 0 Å². The van der Waals surface area contributed by atoms with E-state index < -0.39 is 0 Å². The Hall–Kier alpha value is -1.04. The second kappa shape index (κ2) is 16.0. The fourth-order valence-corrected chi connectivity index (χ4v) is 0.407. The monoisotopic (exact) mass is 150 g/mol. The lowest BCUT2D eigenvalue weighted by atomic mass is 10.3. The van der Waals surface area contributed by atoms with Gasteiger partial charge < -0.3 is 0 Å². The van der Waals surface area contributed by atoms with Crippen LogP contribution in [0.1, 0.15) is 19.8 Å². The molecular formula is C11H18. The summed E-state index contributed by atoms with van der Waals surface area (Å²) in [5, 5.41) is 0. The highest BCUT2D eigenvalue weighted by Crippen LogP contribution is 1.89. The van der Waals surface area contributed by atoms with E-state index in [1.807, 2.05) is 19.1 Å². The second-order valence-corrected chi connectivity index (χ2v) is 1.94. The van der Waals surface area contributed by atoms with E-state index in [1.54, 1.807) is 12.2 Å². The molecule has 0 aromatic heterocycles. The van der Waals surface area contributed by atoms with Crippen LogP contribution in [0.4, 0.5) is 0 Å². The van der Waals surface area contributed by atoms with Gasteiger partial charge in [-0.05, 0) is 19.8 Å². The van der Waals surface area contributed by atoms with Gasteiger partial charge in [0.15, 0.2) is 0 Å². The Balaban J connectivity index is 0. The zero-order valence-electron chi connectivity index (χ0n) is 7.42. The van der Waals surface area contributed by atoms with E-state index in [9.17, 15) is 0 Å². The molecule has 0 aliphatic carbocycles. The first kappa shape index (κ1) is 12.6. The van der Waals surface area contributed by atoms with Crippen molar-refractivity contribution in [1.82, 2.24) is 0 Å². The van der Waals surface area contributed by atoms with E-state index >= 15 is 0 Å². The van der Waals surface area contributed by atoms with Crippen molar-refractivity contribution in [3.05, 3.63) is 50.1 Å². The predicted octanol–water partition coefficient (Wildman–Crippen LogP) is 3.89. The molecule has 0 nitrogen and oxygen atoms in total. The molecule has 0 aromatic carbocycles. The minimum Gasteiger partial charge on any atom is -0.103 e. The molecule has 0 aliphatic heterocycles. The van der Waals surface area contributed by atoms with Gasteiger partial charge in [-0.3, -0.25) is 0 Å². The van der Waals surface area contributed by atoms with Crippen molar-refractivity contribution in [3.8, 4) is 0 Å². The van der Waals surface area contributed by atoms with Crippen LogP contribution in [-0.2, 0) is 0 Å². The van der Waals surface area contributed by atoms with E-state index in [1.165, 1.54) is 0 Å². The van der Waals surface area contributed by atoms with Gasteiger partial charge in [0.05, 0.1) is 0 Å². The van der Waals surface area contributed by atoms with Crippen molar-refractivity contribution in [2.75, 3.05) is 0 Å². The van der Waals surface area contributed by atoms with E-state index in [0.29, 0.717) is 0 Å². The number of allylic oxidation sites excluding steroid dienone is 5. The molecule has 62 valence electrons. The van der Waals surface area contributed by atoms with Crippen molar-refractivity contribution < 1.29 is 0 Å². The Morgan fingerprint density at radius 3 is 2.00 bits per heavy atom. The summed E-state index contributed by atoms with van der Waals surface area (Å²) in [6.45, 7) is 12.4. The lowest BCUT2D eigenvalue weighted by Gasteiger charge is -1.79. The molecule has 0 atom stereocenters. The first-order valence-corrected chi connectivity index (χ1v) is 3.79. The molecule has 0 unspecified atom stereocenters. The van der Waals surface area contributed by atoms with Crippen molar-refractivity contribution in [1.29, 1.82) is 0 Å². The van der Waals surface area contributed by atoms with Crippen molar-refractivity contribution in [2.45, 2.75) is 19.8 Å². The van der Waals surface area contributed by atoms with Gasteiger partial charge >= 0.3 is 0 Å². The van der Waals surface area contributed by atoms with Crippen LogP contribution in [0.5, 0.6) is 0 Å². The Labute approximate surface area is 70.6 Å². The first-order valence-electron chi connectivity index (χ1n) is 3.79. The predicted molar refractivity (Wildman–Crippen MR) is 54.6 cm³/mol. The van der Waals surface area contributed by atoms with Crippen molar-refractivity contribution in [3.63, 3.8) is 0 Å². The van der Waals surface area contributed by atoms with Gasteiger partial charge in [-0.1, -0.05) is 37.0 Å². The van der Waals surface area contributed by atoms with Crippen LogP contribution in [-0.4, -0.2) is 0 Å². The van der Waals surface area contributed by atoms with Gasteiger partial charge in [0.2, 0.25) is 0 Å². The average Bonchev–Trinajstić information content (AvgIpc) is 2.00. The number of rotatable bonds is 4. The lowest BCUT2D eigenvalue weighted by molar-refractivity contribution is 1.06. The van der Waals surface area contributed by atoms with Crippen LogP contribution in [0.2, 0.25) is 0 Å². The smallest absolute Gasteiger partial charge is 0.0313 e. The molecule has 0 heterocycles. The number of hydrogen-bond donors (Lipinski definition) is 0. The highest BCUT2D eigenvalue weighted by atomic mass is 13.8. The van der Waals surface area contributed by atoms with E-state index in [4.69, 9.17) is 0 Å². The molecule has 0 spiro atoms. The molecule has 0 fully saturated rings. The van der Waals surface area contributed by atoms with E-state index in [2.05, 4.69) is 25.8 Å². The highest BCUT2D eigenvalue weighted by molar-refractivity contribution is 4.97. The third-order valence-corrected chi connectivity index (χ3v) is 0.810. The van der Waals surface area contributed by atoms with Gasteiger partial charge in [-0.25, -0.2) is 0 Å². The van der Waals surface area contributed by atoms with Crippen molar-refractivity contribution in [2.24, 2.45) is 0 Å². The zero-order valence-corrected chi connectivity index (χ0v) is 7.42. The standard InChI is InChI=1S/C8H12.C3H6/c1-3-5-7-8-6-4-2;1-3-2/h3-5,7H,1-2,6,8H2;3H,1H2,2H3/b7-5-;. The molecule has 0 saturated carbocycles. The SMILES string of the molecule is C=C/C=C\CCC=C.C=CC. The summed E-state index contributed by atoms with van der Waals surface area (Å²) in [5.41, 5.74) is 0. The molecule has 0 heteroatoms. The minimum absolute atomic E-state index is 1.06. The van der Waals surface area contributed by atoms with Crippen molar-refractivity contribution >= 4 is 0 Å². The van der Waals surface area contributed by atoms with Crippen LogP contribution in [0, 0.1) is 0 Å². The van der Waals surface area contributed by atoms with Gasteiger partial charge in [-0.15, -0.1) is 13.2 Å². The van der Waals surface area contributed by atoms with Crippen LogP contribution in [0.25, 0.3) is 0 Å². The van der Waals surface area contributed by atoms with Gasteiger partial charge in [0.1, 0.15) is 0 Å². The number of hydrogen-bond acceptors (Lipinski definition) is 0. The first-order chi connectivity index (χ1) is 5.33. The second-order valence-electron chi connectivity index (χ2n) is 1.94. The topological polar surface area (TPSA) is 0 Å². The average molecular weight is 150 g/mol. The summed E-state index contributed by atoms with van der Waals surface area (Å²) in [6, 6.07) is 0. The summed E-state index contributed by atoms with van der Waals surface area (Å²) in [4.78, 5) is 0. The molecule has 0 bridgehead atoms. The lowest BCUT2D eigenvalue weighted by Crippen LogP contribution is -1.59. The third kappa shape index (κ3) is 27.7. The Morgan fingerprint density at radius 1 is 1.09 bits per heavy atom. The largest absolute Gasteiger partial charge is 0.103 e. The van der Waals surface area contributed by atoms with Crippen LogP contribution < -0.4 is 0 Å². The quantitative estimate of drug-likeness (QED) is 0.324. The summed E-state index contributed by atoms with van der Waals surface area (Å²) in [5.74, 6) is 0. The molecule has 0 aliphatic rings. The van der Waals surface area contributed by atoms with E-state index in [-0.39, 0.29) is 0 Å². The molecule has 0 N–H and O–H groups in total. The Morgan fingerprint density at radius 2 is 1.64 bits per heavy atom. The molecule has 0 amide bonds. The molecule has 0 aromatic rings. The zero-order chi connectivity index (χ0) is 8.95. The Bertz CT molecular complexity index is 118. The number of unbranched alkanes of at least 4 members (excludes halogenated alkanes) is 1. The molecule has 0 rings (SSSR count). The fourth-order valence-electron chi connectivity index (χ4n) is 0.407. The molecule has 0 radical (unpaired) electrons. The normalized spacial score (nSPS) is 8.09. The van der Waals surface area contributed by atoms with Gasteiger partial charge in [0.25, 0.3) is 0 Å². The molecular weight excluding hydrogens is 132 g/mol. The molecule has 0 saturated heterocycles. The van der Waals surface area contributed by atoms with Gasteiger partial charge in [0, 0.05) is 0 Å². The van der Waals surface area contributed by atoms with Crippen LogP contribution >= 0.6 is 0 Å². The highest BCUT2D eigenvalue weighted by Gasteiger charge is 1.69. The third-order valence-electron chi connectivity index (χ3n) is 0.810. The van der Waals surface area contributed by atoms with E-state index in [0.717, 1.165) is 12.8 Å². The van der Waals surface area contributed by atoms with Crippen LogP contribution in [0.15, 0.2) is 50.1 Å². The fraction of sp³-hybridized carbons (Fsp3) is 0.273. The van der Waals surface area contributed by atoms with Gasteiger partial charge in [-0.2, -0.15) is 0 Å². The maximum Gasteiger partial charge on any atom is -0.0313 e. The summed E-state index contributed by atoms with van der Waals surface area (Å²) in [6.07, 6.45) is 11.6.